The molecular weight excluding hydrogens is 497 g/mol. The van der Waals surface area contributed by atoms with Crippen LogP contribution >= 0.6 is 0 Å². The van der Waals surface area contributed by atoms with Gasteiger partial charge in [-0.15, -0.1) is 0 Å². The van der Waals surface area contributed by atoms with Crippen molar-refractivity contribution in [3.05, 3.63) is 52.8 Å². The van der Waals surface area contributed by atoms with Crippen molar-refractivity contribution in [1.29, 1.82) is 0 Å². The van der Waals surface area contributed by atoms with Crippen LogP contribution in [0.15, 0.2) is 35.5 Å². The molecule has 1 saturated carbocycles. The van der Waals surface area contributed by atoms with Crippen LogP contribution < -0.4 is 4.74 Å². The second-order valence-electron chi connectivity index (χ2n) is 12.2. The molecular formula is C31H38FN3O4. The lowest BCUT2D eigenvalue weighted by atomic mass is 9.80. The molecule has 0 radical (unpaired) electrons. The van der Waals surface area contributed by atoms with Crippen LogP contribution in [-0.2, 0) is 16.2 Å². The van der Waals surface area contributed by atoms with E-state index in [0.29, 0.717) is 38.5 Å². The zero-order valence-electron chi connectivity index (χ0n) is 23.1. The number of piperidine rings is 1. The summed E-state index contributed by atoms with van der Waals surface area (Å²) >= 11 is 0. The number of benzene rings is 2. The van der Waals surface area contributed by atoms with Crippen LogP contribution in [0, 0.1) is 18.2 Å². The number of nitrogens with zero attached hydrogens (tertiary/aromatic N) is 3. The van der Waals surface area contributed by atoms with Gasteiger partial charge in [0.15, 0.2) is 5.60 Å². The fourth-order valence-corrected chi connectivity index (χ4v) is 6.42. The van der Waals surface area contributed by atoms with Gasteiger partial charge in [0.05, 0.1) is 18.4 Å². The largest absolute Gasteiger partial charge is 0.493 e. The normalized spacial score (nSPS) is 21.8. The molecule has 0 aromatic heterocycles. The van der Waals surface area contributed by atoms with E-state index in [1.807, 2.05) is 26.8 Å². The van der Waals surface area contributed by atoms with Gasteiger partial charge in [-0.1, -0.05) is 17.3 Å². The van der Waals surface area contributed by atoms with E-state index in [4.69, 9.17) is 9.57 Å². The Labute approximate surface area is 229 Å². The number of rotatable bonds is 7. The molecule has 2 aromatic rings. The first-order valence-electron chi connectivity index (χ1n) is 14.2. The molecule has 2 saturated heterocycles. The molecule has 0 unspecified atom stereocenters. The Hall–Kier alpha value is -3.13. The van der Waals surface area contributed by atoms with Crippen LogP contribution in [0.5, 0.6) is 5.75 Å². The number of oxime groups is 1. The molecule has 39 heavy (non-hydrogen) atoms. The Morgan fingerprint density at radius 2 is 1.95 bits per heavy atom. The molecule has 8 heteroatoms. The van der Waals surface area contributed by atoms with Crippen LogP contribution in [-0.4, -0.2) is 65.1 Å². The summed E-state index contributed by atoms with van der Waals surface area (Å²) in [4.78, 5) is 22.2. The lowest BCUT2D eigenvalue weighted by Gasteiger charge is -2.46. The van der Waals surface area contributed by atoms with Gasteiger partial charge >= 0.3 is 5.97 Å². The minimum Gasteiger partial charge on any atom is -0.493 e. The van der Waals surface area contributed by atoms with E-state index in [1.165, 1.54) is 30.0 Å². The van der Waals surface area contributed by atoms with Crippen molar-refractivity contribution in [2.45, 2.75) is 70.9 Å². The van der Waals surface area contributed by atoms with E-state index in [9.17, 15) is 14.3 Å². The van der Waals surface area contributed by atoms with Gasteiger partial charge in [-0.3, -0.25) is 9.69 Å². The van der Waals surface area contributed by atoms with E-state index in [-0.39, 0.29) is 11.4 Å². The van der Waals surface area contributed by atoms with Crippen molar-refractivity contribution in [1.82, 2.24) is 9.80 Å². The smallest absolute Gasteiger partial charge is 0.309 e. The van der Waals surface area contributed by atoms with E-state index in [0.717, 1.165) is 54.3 Å². The molecule has 1 N–H and O–H groups in total. The van der Waals surface area contributed by atoms with Crippen LogP contribution in [0.2, 0.25) is 0 Å². The van der Waals surface area contributed by atoms with Crippen LogP contribution in [0.25, 0.3) is 11.1 Å². The molecule has 3 fully saturated rings. The monoisotopic (exact) mass is 535 g/mol. The maximum absolute atomic E-state index is 13.9. The van der Waals surface area contributed by atoms with Gasteiger partial charge in [0.1, 0.15) is 17.4 Å². The lowest BCUT2D eigenvalue weighted by Crippen LogP contribution is -2.61. The van der Waals surface area contributed by atoms with Gasteiger partial charge < -0.3 is 19.6 Å². The first-order valence-corrected chi connectivity index (χ1v) is 14.2. The highest BCUT2D eigenvalue weighted by Gasteiger charge is 2.51. The lowest BCUT2D eigenvalue weighted by molar-refractivity contribution is -0.150. The summed E-state index contributed by atoms with van der Waals surface area (Å²) in [6.45, 7) is 10.2. The molecule has 0 bridgehead atoms. The Kier molecular flexibility index (Phi) is 6.57. The molecule has 2 aromatic carbocycles. The number of hydrogen-bond donors (Lipinski definition) is 1. The summed E-state index contributed by atoms with van der Waals surface area (Å²) in [7, 11) is 0. The van der Waals surface area contributed by atoms with Crippen molar-refractivity contribution < 1.29 is 23.9 Å². The Morgan fingerprint density at radius 1 is 1.21 bits per heavy atom. The number of carboxylic acid groups (broad SMARTS) is 1. The molecule has 0 atom stereocenters. The van der Waals surface area contributed by atoms with Gasteiger partial charge in [-0.05, 0) is 92.8 Å². The van der Waals surface area contributed by atoms with Gasteiger partial charge in [0.25, 0.3) is 0 Å². The fraction of sp³-hybridized carbons (Fsp3) is 0.548. The number of ether oxygens (including phenoxy) is 1. The number of aryl methyl sites for hydroxylation is 1. The number of amidine groups is 1. The first-order chi connectivity index (χ1) is 18.7. The van der Waals surface area contributed by atoms with Gasteiger partial charge in [-0.25, -0.2) is 4.39 Å². The minimum absolute atomic E-state index is 0.217. The Bertz CT molecular complexity index is 1310. The van der Waals surface area contributed by atoms with Gasteiger partial charge in [-0.2, -0.15) is 0 Å². The standard InChI is InChI=1S/C31H38FN3O4/c1-4-38-26-15-21(14-25(22-5-6-22)28(26)24-8-7-23(32)13-20(24)2)17-34-18-31(19-34)16-27(33-39-31)35-11-9-30(3,10-12-35)29(36)37/h7-8,13-15,22H,4-6,9-12,16-19H2,1-3H3,(H,36,37). The summed E-state index contributed by atoms with van der Waals surface area (Å²) in [5.74, 6) is 1.42. The predicted molar refractivity (Wildman–Crippen MR) is 147 cm³/mol. The molecule has 6 rings (SSSR count). The Balaban J connectivity index is 1.14. The van der Waals surface area contributed by atoms with Crippen molar-refractivity contribution >= 4 is 11.8 Å². The van der Waals surface area contributed by atoms with E-state index in [2.05, 4.69) is 27.1 Å². The van der Waals surface area contributed by atoms with Crippen molar-refractivity contribution in [2.75, 3.05) is 32.8 Å². The molecule has 7 nitrogen and oxygen atoms in total. The predicted octanol–water partition coefficient (Wildman–Crippen LogP) is 5.55. The summed E-state index contributed by atoms with van der Waals surface area (Å²) < 4.78 is 20.0. The number of carbonyl (C=O) groups is 1. The zero-order chi connectivity index (χ0) is 27.4. The van der Waals surface area contributed by atoms with Crippen LogP contribution in [0.4, 0.5) is 4.39 Å². The number of aliphatic carboxylic acids is 1. The highest BCUT2D eigenvalue weighted by molar-refractivity contribution is 5.85. The number of carboxylic acids is 1. The molecule has 3 aliphatic heterocycles. The third kappa shape index (κ3) is 4.99. The Morgan fingerprint density at radius 3 is 2.59 bits per heavy atom. The number of halogens is 1. The molecule has 0 amide bonds. The third-order valence-corrected chi connectivity index (χ3v) is 8.97. The molecule has 208 valence electrons. The average Bonchev–Trinajstić information content (AvgIpc) is 3.63. The topological polar surface area (TPSA) is 74.6 Å². The summed E-state index contributed by atoms with van der Waals surface area (Å²) in [5, 5.41) is 14.0. The quantitative estimate of drug-likeness (QED) is 0.501. The van der Waals surface area contributed by atoms with E-state index < -0.39 is 11.4 Å². The zero-order valence-corrected chi connectivity index (χ0v) is 23.1. The van der Waals surface area contributed by atoms with Crippen molar-refractivity contribution in [3.8, 4) is 16.9 Å². The maximum atomic E-state index is 13.9. The fourth-order valence-electron chi connectivity index (χ4n) is 6.42. The highest BCUT2D eigenvalue weighted by Crippen LogP contribution is 2.49. The SMILES string of the molecule is CCOc1cc(CN2CC3(CC(N4CCC(C)(C(=O)O)CC4)=NO3)C2)cc(C2CC2)c1-c1ccc(F)cc1C. The van der Waals surface area contributed by atoms with Crippen molar-refractivity contribution in [3.63, 3.8) is 0 Å². The van der Waals surface area contributed by atoms with Crippen molar-refractivity contribution in [2.24, 2.45) is 10.6 Å². The van der Waals surface area contributed by atoms with E-state index in [1.54, 1.807) is 6.07 Å². The maximum Gasteiger partial charge on any atom is 0.309 e. The van der Waals surface area contributed by atoms with E-state index >= 15 is 0 Å². The van der Waals surface area contributed by atoms with Crippen LogP contribution in [0.3, 0.4) is 0 Å². The first kappa shape index (κ1) is 26.1. The average molecular weight is 536 g/mol. The number of likely N-dealkylation sites (tertiary alicyclic amines) is 2. The molecule has 3 heterocycles. The second kappa shape index (κ2) is 9.81. The molecule has 1 aliphatic carbocycles. The minimum atomic E-state index is -0.712. The van der Waals surface area contributed by atoms with Gasteiger partial charge in [0.2, 0.25) is 0 Å². The summed E-state index contributed by atoms with van der Waals surface area (Å²) in [6.07, 6.45) is 4.36. The summed E-state index contributed by atoms with van der Waals surface area (Å²) in [5.41, 5.74) is 4.68. The van der Waals surface area contributed by atoms with Crippen LogP contribution in [0.1, 0.15) is 68.6 Å². The highest BCUT2D eigenvalue weighted by atomic mass is 19.1. The molecule has 4 aliphatic rings. The van der Waals surface area contributed by atoms with Gasteiger partial charge in [0, 0.05) is 38.3 Å². The molecule has 1 spiro atoms. The second-order valence-corrected chi connectivity index (χ2v) is 12.2. The summed E-state index contributed by atoms with van der Waals surface area (Å²) in [6, 6.07) is 9.50. The third-order valence-electron chi connectivity index (χ3n) is 8.97. The number of hydrogen-bond acceptors (Lipinski definition) is 6.